The summed E-state index contributed by atoms with van der Waals surface area (Å²) in [7, 11) is 0. The van der Waals surface area contributed by atoms with Crippen molar-refractivity contribution in [3.05, 3.63) is 41.6 Å². The van der Waals surface area contributed by atoms with E-state index >= 15 is 0 Å². The molecule has 1 aromatic carbocycles. The van der Waals surface area contributed by atoms with Crippen LogP contribution in [0.5, 0.6) is 0 Å². The van der Waals surface area contributed by atoms with Gasteiger partial charge in [-0.15, -0.1) is 0 Å². The highest BCUT2D eigenvalue weighted by Crippen LogP contribution is 2.19. The first kappa shape index (κ1) is 16.9. The van der Waals surface area contributed by atoms with Crippen molar-refractivity contribution in [1.29, 1.82) is 0 Å². The minimum absolute atomic E-state index is 0.0326. The van der Waals surface area contributed by atoms with Crippen LogP contribution in [0.4, 0.5) is 0 Å². The van der Waals surface area contributed by atoms with Gasteiger partial charge in [-0.05, 0) is 31.9 Å². The number of para-hydroxylation sites is 1. The molecule has 0 bridgehead atoms. The molecular formula is C18H22N2O3. The van der Waals surface area contributed by atoms with Crippen LogP contribution in [0.15, 0.2) is 30.3 Å². The molecule has 23 heavy (non-hydrogen) atoms. The molecule has 0 unspecified atom stereocenters. The van der Waals surface area contributed by atoms with Crippen LogP contribution >= 0.6 is 0 Å². The number of esters is 1. The number of aryl methyl sites for hydroxylation is 1. The third-order valence-corrected chi connectivity index (χ3v) is 3.79. The number of rotatable bonds is 5. The zero-order valence-corrected chi connectivity index (χ0v) is 13.9. The van der Waals surface area contributed by atoms with Crippen LogP contribution < -0.4 is 5.32 Å². The summed E-state index contributed by atoms with van der Waals surface area (Å²) < 4.78 is 5.15. The summed E-state index contributed by atoms with van der Waals surface area (Å²) in [4.78, 5) is 28.5. The molecule has 0 saturated heterocycles. The van der Waals surface area contributed by atoms with Crippen molar-refractivity contribution in [2.45, 2.75) is 33.7 Å². The van der Waals surface area contributed by atoms with Crippen LogP contribution in [0.3, 0.4) is 0 Å². The number of carbonyl (C=O) groups is 2. The Morgan fingerprint density at radius 1 is 1.22 bits per heavy atom. The number of carbonyl (C=O) groups excluding carboxylic acids is 2. The lowest BCUT2D eigenvalue weighted by Crippen LogP contribution is -2.38. The first-order valence-electron chi connectivity index (χ1n) is 7.71. The van der Waals surface area contributed by atoms with Crippen molar-refractivity contribution in [3.63, 3.8) is 0 Å². The van der Waals surface area contributed by atoms with Gasteiger partial charge in [0.1, 0.15) is 0 Å². The van der Waals surface area contributed by atoms with E-state index in [1.807, 2.05) is 52.0 Å². The Kier molecular flexibility index (Phi) is 5.32. The highest BCUT2D eigenvalue weighted by molar-refractivity contribution is 6.04. The van der Waals surface area contributed by atoms with Gasteiger partial charge < -0.3 is 10.1 Å². The molecule has 0 aliphatic heterocycles. The second-order valence-corrected chi connectivity index (χ2v) is 6.00. The van der Waals surface area contributed by atoms with Crippen LogP contribution in [0.1, 0.15) is 36.8 Å². The third-order valence-electron chi connectivity index (χ3n) is 3.79. The second kappa shape index (κ2) is 7.22. The number of amides is 1. The lowest BCUT2D eigenvalue weighted by Gasteiger charge is -2.17. The van der Waals surface area contributed by atoms with Crippen LogP contribution in [0.2, 0.25) is 0 Å². The summed E-state index contributed by atoms with van der Waals surface area (Å²) in [5.41, 5.74) is 1.89. The number of nitrogens with zero attached hydrogens (tertiary/aromatic N) is 1. The molecule has 0 radical (unpaired) electrons. The van der Waals surface area contributed by atoms with Gasteiger partial charge >= 0.3 is 5.97 Å². The highest BCUT2D eigenvalue weighted by atomic mass is 16.5. The van der Waals surface area contributed by atoms with E-state index in [2.05, 4.69) is 10.3 Å². The summed E-state index contributed by atoms with van der Waals surface area (Å²) in [6.45, 7) is 7.49. The molecule has 0 aliphatic carbocycles. The molecule has 2 rings (SSSR count). The van der Waals surface area contributed by atoms with Gasteiger partial charge in [0.05, 0.1) is 11.1 Å². The lowest BCUT2D eigenvalue weighted by atomic mass is 10.1. The van der Waals surface area contributed by atoms with Gasteiger partial charge in [-0.3, -0.25) is 9.78 Å². The Hall–Kier alpha value is -2.43. The number of benzene rings is 1. The average Bonchev–Trinajstić information content (AvgIpc) is 2.51. The highest BCUT2D eigenvalue weighted by Gasteiger charge is 2.16. The molecule has 1 N–H and O–H groups in total. The van der Waals surface area contributed by atoms with Crippen LogP contribution in [0, 0.1) is 12.8 Å². The molecule has 122 valence electrons. The standard InChI is InChI=1S/C18H22N2O3/c1-11(2)13(4)20-17(21)10-23-18(22)15-9-12(3)19-16-8-6-5-7-14(15)16/h5-9,11,13H,10H2,1-4H3,(H,20,21)/t13-/m0/s1. The summed E-state index contributed by atoms with van der Waals surface area (Å²) in [6.07, 6.45) is 0. The second-order valence-electron chi connectivity index (χ2n) is 6.00. The zero-order valence-electron chi connectivity index (χ0n) is 13.9. The molecule has 0 fully saturated rings. The van der Waals surface area contributed by atoms with Crippen molar-refractivity contribution >= 4 is 22.8 Å². The topological polar surface area (TPSA) is 68.3 Å². The van der Waals surface area contributed by atoms with Gasteiger partial charge in [-0.2, -0.15) is 0 Å². The van der Waals surface area contributed by atoms with Crippen LogP contribution in [0.25, 0.3) is 10.9 Å². The molecule has 1 amide bonds. The quantitative estimate of drug-likeness (QED) is 0.862. The van der Waals surface area contributed by atoms with E-state index in [0.29, 0.717) is 11.5 Å². The Morgan fingerprint density at radius 2 is 1.91 bits per heavy atom. The molecule has 2 aromatic rings. The van der Waals surface area contributed by atoms with Gasteiger partial charge in [0.2, 0.25) is 0 Å². The SMILES string of the molecule is Cc1cc(C(=O)OCC(=O)N[C@@H](C)C(C)C)c2ccccc2n1. The van der Waals surface area contributed by atoms with E-state index < -0.39 is 5.97 Å². The van der Waals surface area contributed by atoms with Crippen molar-refractivity contribution in [1.82, 2.24) is 10.3 Å². The number of pyridine rings is 1. The summed E-state index contributed by atoms with van der Waals surface area (Å²) in [5.74, 6) is -0.491. The molecule has 1 atom stereocenters. The zero-order chi connectivity index (χ0) is 17.0. The summed E-state index contributed by atoms with van der Waals surface area (Å²) in [6, 6.07) is 9.08. The molecule has 5 nitrogen and oxygen atoms in total. The maximum atomic E-state index is 12.3. The third kappa shape index (κ3) is 4.28. The largest absolute Gasteiger partial charge is 0.452 e. The van der Waals surface area contributed by atoms with Gasteiger partial charge in [-0.1, -0.05) is 32.0 Å². The number of fused-ring (bicyclic) bond motifs is 1. The summed E-state index contributed by atoms with van der Waals surface area (Å²) >= 11 is 0. The van der Waals surface area contributed by atoms with Crippen LogP contribution in [-0.4, -0.2) is 29.5 Å². The first-order chi connectivity index (χ1) is 10.9. The normalized spacial score (nSPS) is 12.2. The maximum absolute atomic E-state index is 12.3. The predicted molar refractivity (Wildman–Crippen MR) is 89.2 cm³/mol. The van der Waals surface area contributed by atoms with E-state index in [1.54, 1.807) is 6.07 Å². The number of aromatic nitrogens is 1. The van der Waals surface area contributed by atoms with Crippen molar-refractivity contribution < 1.29 is 14.3 Å². The van der Waals surface area contributed by atoms with Gasteiger partial charge in [0, 0.05) is 17.1 Å². The Labute approximate surface area is 136 Å². The minimum atomic E-state index is -0.515. The van der Waals surface area contributed by atoms with E-state index in [9.17, 15) is 9.59 Å². The Morgan fingerprint density at radius 3 is 2.61 bits per heavy atom. The molecule has 1 aromatic heterocycles. The first-order valence-corrected chi connectivity index (χ1v) is 7.71. The maximum Gasteiger partial charge on any atom is 0.339 e. The molecule has 1 heterocycles. The van der Waals surface area contributed by atoms with Crippen molar-refractivity contribution in [3.8, 4) is 0 Å². The Bertz CT molecular complexity index is 725. The van der Waals surface area contributed by atoms with E-state index in [4.69, 9.17) is 4.74 Å². The molecule has 5 heteroatoms. The predicted octanol–water partition coefficient (Wildman–Crippen LogP) is 2.86. The van der Waals surface area contributed by atoms with Crippen molar-refractivity contribution in [2.75, 3.05) is 6.61 Å². The van der Waals surface area contributed by atoms with E-state index in [-0.39, 0.29) is 18.6 Å². The Balaban J connectivity index is 2.08. The number of hydrogen-bond donors (Lipinski definition) is 1. The molecular weight excluding hydrogens is 292 g/mol. The molecule has 0 saturated carbocycles. The fourth-order valence-corrected chi connectivity index (χ4v) is 2.15. The summed E-state index contributed by atoms with van der Waals surface area (Å²) in [5, 5.41) is 3.53. The number of hydrogen-bond acceptors (Lipinski definition) is 4. The van der Waals surface area contributed by atoms with E-state index in [1.165, 1.54) is 0 Å². The molecule has 0 aliphatic rings. The lowest BCUT2D eigenvalue weighted by molar-refractivity contribution is -0.125. The average molecular weight is 314 g/mol. The van der Waals surface area contributed by atoms with Crippen LogP contribution in [-0.2, 0) is 9.53 Å². The fourth-order valence-electron chi connectivity index (χ4n) is 2.15. The number of nitrogens with one attached hydrogen (secondary N) is 1. The van der Waals surface area contributed by atoms with Gasteiger partial charge in [0.15, 0.2) is 6.61 Å². The van der Waals surface area contributed by atoms with E-state index in [0.717, 1.165) is 16.6 Å². The smallest absolute Gasteiger partial charge is 0.339 e. The van der Waals surface area contributed by atoms with Crippen molar-refractivity contribution in [2.24, 2.45) is 5.92 Å². The minimum Gasteiger partial charge on any atom is -0.452 e. The van der Waals surface area contributed by atoms with Gasteiger partial charge in [0.25, 0.3) is 5.91 Å². The molecule has 0 spiro atoms. The number of ether oxygens (including phenoxy) is 1. The van der Waals surface area contributed by atoms with Gasteiger partial charge in [-0.25, -0.2) is 4.79 Å². The fraction of sp³-hybridized carbons (Fsp3) is 0.389. The monoisotopic (exact) mass is 314 g/mol.